The Labute approximate surface area is 172 Å². The summed E-state index contributed by atoms with van der Waals surface area (Å²) in [5.41, 5.74) is 0.963. The highest BCUT2D eigenvalue weighted by Gasteiger charge is 2.48. The Morgan fingerprint density at radius 3 is 2.28 bits per heavy atom. The van der Waals surface area contributed by atoms with Crippen LogP contribution in [-0.2, 0) is 19.7 Å². The lowest BCUT2D eigenvalue weighted by molar-refractivity contribution is 0.201. The molecule has 0 radical (unpaired) electrons. The molecule has 0 bridgehead atoms. The van der Waals surface area contributed by atoms with Crippen molar-refractivity contribution >= 4 is 25.5 Å². The van der Waals surface area contributed by atoms with Gasteiger partial charge in [-0.1, -0.05) is 23.8 Å². The maximum atomic E-state index is 13.3. The number of hydrogen-bond acceptors (Lipinski definition) is 7. The smallest absolute Gasteiger partial charge is 0.183 e. The Morgan fingerprint density at radius 1 is 0.966 bits per heavy atom. The summed E-state index contributed by atoms with van der Waals surface area (Å²) in [6.45, 7) is 4.48. The summed E-state index contributed by atoms with van der Waals surface area (Å²) in [5, 5.41) is -0.934. The van der Waals surface area contributed by atoms with Gasteiger partial charge in [0.2, 0.25) is 0 Å². The lowest BCUT2D eigenvalue weighted by Gasteiger charge is -2.39. The van der Waals surface area contributed by atoms with Crippen molar-refractivity contribution in [1.82, 2.24) is 9.88 Å². The monoisotopic (exact) mass is 435 g/mol. The van der Waals surface area contributed by atoms with Gasteiger partial charge >= 0.3 is 0 Å². The van der Waals surface area contributed by atoms with Crippen LogP contribution in [0.2, 0.25) is 0 Å². The van der Waals surface area contributed by atoms with Gasteiger partial charge in [-0.2, -0.15) is 0 Å². The summed E-state index contributed by atoms with van der Waals surface area (Å²) in [7, 11) is -7.14. The molecule has 0 spiro atoms. The normalized spacial score (nSPS) is 25.2. The first-order chi connectivity index (χ1) is 13.8. The number of hydrogen-bond donors (Lipinski definition) is 0. The van der Waals surface area contributed by atoms with Gasteiger partial charge in [0.1, 0.15) is 5.82 Å². The fourth-order valence-corrected chi connectivity index (χ4v) is 8.99. The average molecular weight is 436 g/mol. The number of anilines is 1. The minimum Gasteiger partial charge on any atom is -0.354 e. The zero-order valence-electron chi connectivity index (χ0n) is 16.3. The van der Waals surface area contributed by atoms with Crippen LogP contribution < -0.4 is 4.90 Å². The molecule has 0 amide bonds. The number of sulfone groups is 2. The number of piperazine rings is 1. The number of nitrogens with zero attached hydrogens (tertiary/aromatic N) is 3. The molecule has 29 heavy (non-hydrogen) atoms. The summed E-state index contributed by atoms with van der Waals surface area (Å²) in [6, 6.07) is 11.9. The van der Waals surface area contributed by atoms with Gasteiger partial charge in [-0.15, -0.1) is 0 Å². The van der Waals surface area contributed by atoms with E-state index in [9.17, 15) is 16.8 Å². The maximum absolute atomic E-state index is 13.3. The standard InChI is InChI=1S/C20H25N3O4S2/c1-16-5-7-17(8-6-16)29(26,27)19-15-28(24,25)14-18(19)22-10-12-23(13-11-22)20-4-2-3-9-21-20/h2-9,18-19H,10-15H2,1H3/t18-,19-/m0/s1. The fraction of sp³-hybridized carbons (Fsp3) is 0.450. The van der Waals surface area contributed by atoms with Gasteiger partial charge in [0.15, 0.2) is 19.7 Å². The lowest BCUT2D eigenvalue weighted by Crippen LogP contribution is -2.55. The van der Waals surface area contributed by atoms with Crippen LogP contribution in [0.15, 0.2) is 53.6 Å². The number of pyridine rings is 1. The highest BCUT2D eigenvalue weighted by atomic mass is 32.2. The van der Waals surface area contributed by atoms with Gasteiger partial charge in [0, 0.05) is 38.4 Å². The van der Waals surface area contributed by atoms with E-state index in [0.717, 1.165) is 11.4 Å². The van der Waals surface area contributed by atoms with E-state index in [1.807, 2.05) is 30.0 Å². The van der Waals surface area contributed by atoms with E-state index in [2.05, 4.69) is 9.88 Å². The SMILES string of the molecule is Cc1ccc(S(=O)(=O)[C@H]2CS(=O)(=O)C[C@@H]2N2CCN(c3ccccn3)CC2)cc1. The van der Waals surface area contributed by atoms with Crippen LogP contribution >= 0.6 is 0 Å². The van der Waals surface area contributed by atoms with Crippen molar-refractivity contribution in [2.75, 3.05) is 42.6 Å². The third-order valence-corrected chi connectivity index (χ3v) is 9.91. The molecule has 4 rings (SSSR count). The van der Waals surface area contributed by atoms with Gasteiger partial charge in [-0.05, 0) is 31.2 Å². The van der Waals surface area contributed by atoms with Crippen molar-refractivity contribution in [3.8, 4) is 0 Å². The van der Waals surface area contributed by atoms with Crippen LogP contribution in [-0.4, -0.2) is 75.7 Å². The molecule has 0 unspecified atom stereocenters. The van der Waals surface area contributed by atoms with Gasteiger partial charge < -0.3 is 4.90 Å². The first kappa shape index (κ1) is 20.3. The molecular weight excluding hydrogens is 410 g/mol. The van der Waals surface area contributed by atoms with Crippen LogP contribution in [0.4, 0.5) is 5.82 Å². The Bertz CT molecular complexity index is 1060. The summed E-state index contributed by atoms with van der Waals surface area (Å²) >= 11 is 0. The molecule has 1 aromatic carbocycles. The predicted octanol–water partition coefficient (Wildman–Crippen LogP) is 1.15. The molecule has 1 aromatic heterocycles. The molecule has 7 nitrogen and oxygen atoms in total. The Hall–Kier alpha value is -1.97. The molecular formula is C20H25N3O4S2. The number of benzene rings is 1. The van der Waals surface area contributed by atoms with Crippen LogP contribution in [0.3, 0.4) is 0 Å². The minimum absolute atomic E-state index is 0.105. The van der Waals surface area contributed by atoms with E-state index in [1.165, 1.54) is 0 Å². The molecule has 2 aromatic rings. The molecule has 0 saturated carbocycles. The van der Waals surface area contributed by atoms with Crippen LogP contribution in [0, 0.1) is 6.92 Å². The van der Waals surface area contributed by atoms with E-state index in [4.69, 9.17) is 0 Å². The largest absolute Gasteiger partial charge is 0.354 e. The zero-order valence-corrected chi connectivity index (χ0v) is 17.9. The Morgan fingerprint density at radius 2 is 1.66 bits per heavy atom. The second kappa shape index (κ2) is 7.70. The quantitative estimate of drug-likeness (QED) is 0.712. The second-order valence-corrected chi connectivity index (χ2v) is 12.1. The zero-order chi connectivity index (χ0) is 20.6. The first-order valence-corrected chi connectivity index (χ1v) is 13.0. The van der Waals surface area contributed by atoms with Gasteiger partial charge in [-0.25, -0.2) is 21.8 Å². The number of aryl methyl sites for hydroxylation is 1. The summed E-state index contributed by atoms with van der Waals surface area (Å²) in [4.78, 5) is 8.73. The summed E-state index contributed by atoms with van der Waals surface area (Å²) in [5.74, 6) is 0.468. The van der Waals surface area contributed by atoms with Crippen LogP contribution in [0.25, 0.3) is 0 Å². The third-order valence-electron chi connectivity index (χ3n) is 5.78. The molecule has 156 valence electrons. The Kier molecular flexibility index (Phi) is 5.39. The van der Waals surface area contributed by atoms with E-state index < -0.39 is 31.0 Å². The molecule has 9 heteroatoms. The first-order valence-electron chi connectivity index (χ1n) is 9.67. The molecule has 2 atom stereocenters. The highest BCUT2D eigenvalue weighted by molar-refractivity contribution is 7.96. The lowest BCUT2D eigenvalue weighted by atomic mass is 10.2. The van der Waals surface area contributed by atoms with E-state index in [-0.39, 0.29) is 16.4 Å². The van der Waals surface area contributed by atoms with Gasteiger partial charge in [0.25, 0.3) is 0 Å². The summed E-state index contributed by atoms with van der Waals surface area (Å²) in [6.07, 6.45) is 1.75. The summed E-state index contributed by atoms with van der Waals surface area (Å²) < 4.78 is 51.3. The third kappa shape index (κ3) is 4.17. The van der Waals surface area contributed by atoms with Crippen LogP contribution in [0.1, 0.15) is 5.56 Å². The molecule has 2 saturated heterocycles. The molecule has 3 heterocycles. The van der Waals surface area contributed by atoms with Gasteiger partial charge in [-0.3, -0.25) is 4.90 Å². The molecule has 0 aliphatic carbocycles. The average Bonchev–Trinajstić information content (AvgIpc) is 3.05. The van der Waals surface area contributed by atoms with Crippen molar-refractivity contribution in [2.45, 2.75) is 23.1 Å². The van der Waals surface area contributed by atoms with Crippen molar-refractivity contribution in [1.29, 1.82) is 0 Å². The van der Waals surface area contributed by atoms with Crippen molar-refractivity contribution in [3.63, 3.8) is 0 Å². The number of rotatable bonds is 4. The van der Waals surface area contributed by atoms with E-state index in [1.54, 1.807) is 30.5 Å². The van der Waals surface area contributed by atoms with Crippen LogP contribution in [0.5, 0.6) is 0 Å². The fourth-order valence-electron chi connectivity index (χ4n) is 4.16. The highest BCUT2D eigenvalue weighted by Crippen LogP contribution is 2.30. The topological polar surface area (TPSA) is 87.6 Å². The minimum atomic E-state index is -3.74. The van der Waals surface area contributed by atoms with E-state index in [0.29, 0.717) is 26.2 Å². The maximum Gasteiger partial charge on any atom is 0.183 e. The Balaban J connectivity index is 1.55. The molecule has 0 N–H and O–H groups in total. The predicted molar refractivity (Wildman–Crippen MR) is 113 cm³/mol. The van der Waals surface area contributed by atoms with Gasteiger partial charge in [0.05, 0.1) is 21.7 Å². The molecule has 2 fully saturated rings. The molecule has 2 aliphatic rings. The van der Waals surface area contributed by atoms with Crippen molar-refractivity contribution < 1.29 is 16.8 Å². The van der Waals surface area contributed by atoms with Crippen molar-refractivity contribution in [3.05, 3.63) is 54.2 Å². The second-order valence-electron chi connectivity index (χ2n) is 7.75. The van der Waals surface area contributed by atoms with E-state index >= 15 is 0 Å². The number of aromatic nitrogens is 1. The molecule has 2 aliphatic heterocycles. The van der Waals surface area contributed by atoms with Crippen molar-refractivity contribution in [2.24, 2.45) is 0 Å².